The first-order valence-corrected chi connectivity index (χ1v) is 11.0. The number of nitrogens with zero attached hydrogens (tertiary/aromatic N) is 1. The number of piperidine rings is 1. The second-order valence-corrected chi connectivity index (χ2v) is 9.73. The Kier molecular flexibility index (Phi) is 6.20. The van der Waals surface area contributed by atoms with Crippen LogP contribution >= 0.6 is 0 Å². The number of hydrogen-bond acceptors (Lipinski definition) is 5. The molecule has 0 aromatic heterocycles. The largest absolute Gasteiger partial charge is 0.573 e. The number of alkyl halides is 3. The Labute approximate surface area is 150 Å². The van der Waals surface area contributed by atoms with Crippen molar-refractivity contribution < 1.29 is 34.7 Å². The van der Waals surface area contributed by atoms with Gasteiger partial charge in [-0.05, 0) is 43.0 Å². The molecule has 1 N–H and O–H groups in total. The van der Waals surface area contributed by atoms with Crippen LogP contribution in [0.15, 0.2) is 29.2 Å². The minimum absolute atomic E-state index is 0.0180. The first kappa shape index (κ1) is 20.9. The normalized spacial score (nSPS) is 18.0. The van der Waals surface area contributed by atoms with Crippen LogP contribution in [0.4, 0.5) is 13.2 Å². The lowest BCUT2D eigenvalue weighted by Gasteiger charge is -2.30. The zero-order chi connectivity index (χ0) is 19.6. The second kappa shape index (κ2) is 7.71. The maximum absolute atomic E-state index is 12.2. The number of halogens is 3. The van der Waals surface area contributed by atoms with Gasteiger partial charge < -0.3 is 4.74 Å². The average molecular weight is 416 g/mol. The van der Waals surface area contributed by atoms with Crippen LogP contribution in [-0.2, 0) is 20.0 Å². The Hall–Kier alpha value is -1.37. The summed E-state index contributed by atoms with van der Waals surface area (Å²) < 4.78 is 91.1. The van der Waals surface area contributed by atoms with Crippen LogP contribution in [0.3, 0.4) is 0 Å². The SMILES string of the molecule is CS(=O)(=O)N1CCC(CNS(=O)(=O)c2ccc(OC(F)(F)F)cc2)CC1. The van der Waals surface area contributed by atoms with E-state index in [-0.39, 0.29) is 17.4 Å². The van der Waals surface area contributed by atoms with Gasteiger partial charge in [0.25, 0.3) is 0 Å². The lowest BCUT2D eigenvalue weighted by Crippen LogP contribution is -2.41. The summed E-state index contributed by atoms with van der Waals surface area (Å²) in [4.78, 5) is -0.180. The van der Waals surface area contributed by atoms with Crippen LogP contribution in [0.5, 0.6) is 5.75 Å². The van der Waals surface area contributed by atoms with E-state index in [1.165, 1.54) is 4.31 Å². The van der Waals surface area contributed by atoms with Gasteiger partial charge in [-0.15, -0.1) is 13.2 Å². The molecular weight excluding hydrogens is 397 g/mol. The van der Waals surface area contributed by atoms with Crippen LogP contribution < -0.4 is 9.46 Å². The maximum Gasteiger partial charge on any atom is 0.573 e. The molecule has 0 unspecified atom stereocenters. The molecule has 26 heavy (non-hydrogen) atoms. The molecule has 0 aliphatic carbocycles. The Balaban J connectivity index is 1.91. The molecule has 1 aliphatic rings. The smallest absolute Gasteiger partial charge is 0.406 e. The highest BCUT2D eigenvalue weighted by molar-refractivity contribution is 7.89. The molecule has 1 aromatic carbocycles. The third kappa shape index (κ3) is 6.11. The summed E-state index contributed by atoms with van der Waals surface area (Å²) in [6.07, 6.45) is -2.68. The quantitative estimate of drug-likeness (QED) is 0.759. The molecule has 0 amide bonds. The summed E-state index contributed by atoms with van der Waals surface area (Å²) in [7, 11) is -7.13. The fourth-order valence-electron chi connectivity index (χ4n) is 2.58. The van der Waals surface area contributed by atoms with Gasteiger partial charge >= 0.3 is 6.36 Å². The van der Waals surface area contributed by atoms with E-state index < -0.39 is 32.2 Å². The van der Waals surface area contributed by atoms with Gasteiger partial charge in [0.05, 0.1) is 11.2 Å². The summed E-state index contributed by atoms with van der Waals surface area (Å²) >= 11 is 0. The number of ether oxygens (including phenoxy) is 1. The highest BCUT2D eigenvalue weighted by atomic mass is 32.2. The predicted molar refractivity (Wildman–Crippen MR) is 87.5 cm³/mol. The van der Waals surface area contributed by atoms with Gasteiger partial charge in [0.2, 0.25) is 20.0 Å². The van der Waals surface area contributed by atoms with E-state index in [9.17, 15) is 30.0 Å². The summed E-state index contributed by atoms with van der Waals surface area (Å²) in [5.74, 6) is -0.528. The van der Waals surface area contributed by atoms with Gasteiger partial charge in [-0.2, -0.15) is 0 Å². The fraction of sp³-hybridized carbons (Fsp3) is 0.571. The van der Waals surface area contributed by atoms with E-state index in [1.54, 1.807) is 0 Å². The lowest BCUT2D eigenvalue weighted by molar-refractivity contribution is -0.274. The molecule has 0 spiro atoms. The molecule has 1 fully saturated rings. The van der Waals surface area contributed by atoms with Gasteiger partial charge in [0, 0.05) is 19.6 Å². The van der Waals surface area contributed by atoms with Gasteiger partial charge in [0.1, 0.15) is 5.75 Å². The van der Waals surface area contributed by atoms with Crippen LogP contribution in [-0.4, -0.2) is 53.4 Å². The van der Waals surface area contributed by atoms with Gasteiger partial charge in [0.15, 0.2) is 0 Å². The van der Waals surface area contributed by atoms with Crippen LogP contribution in [0.2, 0.25) is 0 Å². The summed E-state index contributed by atoms with van der Waals surface area (Å²) in [6.45, 7) is 0.782. The Morgan fingerprint density at radius 1 is 1.12 bits per heavy atom. The molecule has 0 bridgehead atoms. The van der Waals surface area contributed by atoms with Crippen molar-refractivity contribution in [2.24, 2.45) is 5.92 Å². The molecule has 0 saturated carbocycles. The molecular formula is C14H19F3N2O5S2. The van der Waals surface area contributed by atoms with Crippen molar-refractivity contribution in [2.75, 3.05) is 25.9 Å². The van der Waals surface area contributed by atoms with Crippen LogP contribution in [0.1, 0.15) is 12.8 Å². The zero-order valence-corrected chi connectivity index (χ0v) is 15.5. The summed E-state index contributed by atoms with van der Waals surface area (Å²) in [5, 5.41) is 0. The Morgan fingerprint density at radius 2 is 1.65 bits per heavy atom. The van der Waals surface area contributed by atoms with E-state index in [0.717, 1.165) is 30.5 Å². The standard InChI is InChI=1S/C14H19F3N2O5S2/c1-25(20,21)19-8-6-11(7-9-19)10-18-26(22,23)13-4-2-12(3-5-13)24-14(15,16)17/h2-5,11,18H,6-10H2,1H3. The highest BCUT2D eigenvalue weighted by Crippen LogP contribution is 2.24. The molecule has 1 aliphatic heterocycles. The Bertz CT molecular complexity index is 815. The van der Waals surface area contributed by atoms with E-state index in [4.69, 9.17) is 0 Å². The van der Waals surface area contributed by atoms with Crippen molar-refractivity contribution in [2.45, 2.75) is 24.1 Å². The first-order valence-electron chi connectivity index (χ1n) is 7.67. The van der Waals surface area contributed by atoms with Gasteiger partial charge in [-0.3, -0.25) is 0 Å². The van der Waals surface area contributed by atoms with E-state index in [2.05, 4.69) is 9.46 Å². The summed E-state index contributed by atoms with van der Waals surface area (Å²) in [6, 6.07) is 3.89. The minimum atomic E-state index is -4.85. The number of hydrogen-bond donors (Lipinski definition) is 1. The number of rotatable bonds is 6. The van der Waals surface area contributed by atoms with Gasteiger partial charge in [-0.25, -0.2) is 25.9 Å². The van der Waals surface area contributed by atoms with Crippen molar-refractivity contribution >= 4 is 20.0 Å². The number of nitrogens with one attached hydrogen (secondary N) is 1. The average Bonchev–Trinajstić information content (AvgIpc) is 2.51. The third-order valence-corrected chi connectivity index (χ3v) is 6.71. The van der Waals surface area contributed by atoms with E-state index in [0.29, 0.717) is 25.9 Å². The molecule has 7 nitrogen and oxygen atoms in total. The zero-order valence-electron chi connectivity index (χ0n) is 13.9. The lowest BCUT2D eigenvalue weighted by atomic mass is 9.99. The van der Waals surface area contributed by atoms with Gasteiger partial charge in [-0.1, -0.05) is 0 Å². The molecule has 1 heterocycles. The number of benzene rings is 1. The minimum Gasteiger partial charge on any atom is -0.406 e. The molecule has 0 radical (unpaired) electrons. The third-order valence-electron chi connectivity index (χ3n) is 3.97. The Morgan fingerprint density at radius 3 is 2.12 bits per heavy atom. The van der Waals surface area contributed by atoms with Crippen LogP contribution in [0, 0.1) is 5.92 Å². The highest BCUT2D eigenvalue weighted by Gasteiger charge is 2.31. The second-order valence-electron chi connectivity index (χ2n) is 5.98. The molecule has 148 valence electrons. The van der Waals surface area contributed by atoms with E-state index >= 15 is 0 Å². The fourth-order valence-corrected chi connectivity index (χ4v) is 4.57. The number of sulfonamides is 2. The van der Waals surface area contributed by atoms with Crippen molar-refractivity contribution in [3.8, 4) is 5.75 Å². The van der Waals surface area contributed by atoms with Crippen molar-refractivity contribution in [1.29, 1.82) is 0 Å². The topological polar surface area (TPSA) is 92.8 Å². The molecule has 2 rings (SSSR count). The van der Waals surface area contributed by atoms with Crippen molar-refractivity contribution in [1.82, 2.24) is 9.03 Å². The molecule has 12 heteroatoms. The molecule has 1 saturated heterocycles. The summed E-state index contributed by atoms with van der Waals surface area (Å²) in [5.41, 5.74) is 0. The first-order chi connectivity index (χ1) is 11.9. The van der Waals surface area contributed by atoms with E-state index in [1.807, 2.05) is 0 Å². The molecule has 1 aromatic rings. The van der Waals surface area contributed by atoms with Crippen molar-refractivity contribution in [3.63, 3.8) is 0 Å². The monoisotopic (exact) mass is 416 g/mol. The molecule has 0 atom stereocenters. The maximum atomic E-state index is 12.2. The predicted octanol–water partition coefficient (Wildman–Crippen LogP) is 1.54. The van der Waals surface area contributed by atoms with Crippen LogP contribution in [0.25, 0.3) is 0 Å². The van der Waals surface area contributed by atoms with Crippen molar-refractivity contribution in [3.05, 3.63) is 24.3 Å².